The summed E-state index contributed by atoms with van der Waals surface area (Å²) < 4.78 is 0. The fourth-order valence-corrected chi connectivity index (χ4v) is 3.23. The van der Waals surface area contributed by atoms with Crippen molar-refractivity contribution in [3.05, 3.63) is 58.4 Å². The second-order valence-electron chi connectivity index (χ2n) is 5.29. The number of nitrogens with two attached hydrogens (primary N) is 1. The predicted molar refractivity (Wildman–Crippen MR) is 91.0 cm³/mol. The van der Waals surface area contributed by atoms with Crippen LogP contribution in [-0.4, -0.2) is 23.5 Å². The molecule has 4 nitrogen and oxygen atoms in total. The molecule has 5 heteroatoms. The zero-order chi connectivity index (χ0) is 15.4. The number of H-pyrrole nitrogens is 1. The summed E-state index contributed by atoms with van der Waals surface area (Å²) >= 11 is 1.70. The van der Waals surface area contributed by atoms with Crippen molar-refractivity contribution in [2.75, 3.05) is 6.54 Å². The molecule has 22 heavy (non-hydrogen) atoms. The van der Waals surface area contributed by atoms with Gasteiger partial charge in [0.05, 0.1) is 6.04 Å². The molecule has 0 aliphatic carbocycles. The van der Waals surface area contributed by atoms with Gasteiger partial charge < -0.3 is 16.0 Å². The molecule has 114 valence electrons. The van der Waals surface area contributed by atoms with Crippen LogP contribution < -0.4 is 11.1 Å². The molecule has 0 radical (unpaired) electrons. The average Bonchev–Trinajstić information content (AvgIpc) is 3.17. The predicted octanol–water partition coefficient (Wildman–Crippen LogP) is 2.46. The first-order valence-electron chi connectivity index (χ1n) is 7.34. The monoisotopic (exact) mass is 313 g/mol. The van der Waals surface area contributed by atoms with Gasteiger partial charge in [0.2, 0.25) is 5.91 Å². The number of fused-ring (bicyclic) bond motifs is 1. The molecule has 0 unspecified atom stereocenters. The van der Waals surface area contributed by atoms with Crippen LogP contribution in [0.2, 0.25) is 0 Å². The van der Waals surface area contributed by atoms with Crippen molar-refractivity contribution in [2.45, 2.75) is 18.9 Å². The Morgan fingerprint density at radius 3 is 2.95 bits per heavy atom. The number of para-hydroxylation sites is 1. The summed E-state index contributed by atoms with van der Waals surface area (Å²) in [7, 11) is 0. The summed E-state index contributed by atoms with van der Waals surface area (Å²) in [6, 6.07) is 11.6. The summed E-state index contributed by atoms with van der Waals surface area (Å²) in [5.41, 5.74) is 8.19. The van der Waals surface area contributed by atoms with E-state index in [2.05, 4.69) is 16.4 Å². The molecule has 1 amide bonds. The highest BCUT2D eigenvalue weighted by Crippen LogP contribution is 2.18. The van der Waals surface area contributed by atoms with Crippen molar-refractivity contribution in [1.29, 1.82) is 0 Å². The minimum absolute atomic E-state index is 0.0955. The lowest BCUT2D eigenvalue weighted by Gasteiger charge is -2.11. The molecular weight excluding hydrogens is 294 g/mol. The van der Waals surface area contributed by atoms with Crippen molar-refractivity contribution >= 4 is 28.1 Å². The number of nitrogens with one attached hydrogen (secondary N) is 2. The largest absolute Gasteiger partial charge is 0.361 e. The number of rotatable bonds is 6. The fourth-order valence-electron chi connectivity index (χ4n) is 2.52. The topological polar surface area (TPSA) is 70.9 Å². The van der Waals surface area contributed by atoms with Gasteiger partial charge in [0.1, 0.15) is 0 Å². The lowest BCUT2D eigenvalue weighted by molar-refractivity contribution is -0.122. The van der Waals surface area contributed by atoms with Crippen molar-refractivity contribution < 1.29 is 4.79 Å². The number of aromatic amines is 1. The smallest absolute Gasteiger partial charge is 0.237 e. The third kappa shape index (κ3) is 3.37. The number of hydrogen-bond donors (Lipinski definition) is 3. The van der Waals surface area contributed by atoms with Crippen LogP contribution in [0.3, 0.4) is 0 Å². The van der Waals surface area contributed by atoms with Gasteiger partial charge in [-0.25, -0.2) is 0 Å². The molecule has 1 aromatic carbocycles. The number of carbonyl (C=O) groups is 1. The number of amides is 1. The van der Waals surface area contributed by atoms with E-state index < -0.39 is 6.04 Å². The van der Waals surface area contributed by atoms with E-state index in [1.165, 1.54) is 4.88 Å². The molecule has 0 saturated heterocycles. The van der Waals surface area contributed by atoms with Gasteiger partial charge in [-0.15, -0.1) is 11.3 Å². The minimum atomic E-state index is -0.525. The number of benzene rings is 1. The second kappa shape index (κ2) is 6.77. The SMILES string of the molecule is N[C@@H](Cc1c[nH]c2ccccc12)C(=O)NCCc1cccs1. The van der Waals surface area contributed by atoms with E-state index in [4.69, 9.17) is 5.73 Å². The Bertz CT molecular complexity index is 748. The van der Waals surface area contributed by atoms with Gasteiger partial charge in [-0.3, -0.25) is 4.79 Å². The van der Waals surface area contributed by atoms with E-state index in [1.807, 2.05) is 41.9 Å². The molecule has 0 saturated carbocycles. The third-order valence-electron chi connectivity index (χ3n) is 3.70. The van der Waals surface area contributed by atoms with Crippen LogP contribution in [0.25, 0.3) is 10.9 Å². The second-order valence-corrected chi connectivity index (χ2v) is 6.32. The molecule has 0 aliphatic rings. The maximum atomic E-state index is 12.1. The normalized spacial score (nSPS) is 12.4. The van der Waals surface area contributed by atoms with Crippen LogP contribution in [0.5, 0.6) is 0 Å². The van der Waals surface area contributed by atoms with Gasteiger partial charge in [-0.1, -0.05) is 24.3 Å². The summed E-state index contributed by atoms with van der Waals surface area (Å²) in [4.78, 5) is 16.6. The number of hydrogen-bond acceptors (Lipinski definition) is 3. The zero-order valence-electron chi connectivity index (χ0n) is 12.2. The van der Waals surface area contributed by atoms with Gasteiger partial charge in [0.25, 0.3) is 0 Å². The molecule has 0 spiro atoms. The highest BCUT2D eigenvalue weighted by atomic mass is 32.1. The van der Waals surface area contributed by atoms with E-state index in [9.17, 15) is 4.79 Å². The average molecular weight is 313 g/mol. The van der Waals surface area contributed by atoms with Gasteiger partial charge >= 0.3 is 0 Å². The van der Waals surface area contributed by atoms with Gasteiger partial charge in [-0.05, 0) is 35.9 Å². The standard InChI is InChI=1S/C17H19N3OS/c18-15(17(21)19-8-7-13-4-3-9-22-13)10-12-11-20-16-6-2-1-5-14(12)16/h1-6,9,11,15,20H,7-8,10,18H2,(H,19,21)/t15-/m0/s1. The number of carbonyl (C=O) groups excluding carboxylic acids is 1. The quantitative estimate of drug-likeness (QED) is 0.654. The maximum absolute atomic E-state index is 12.1. The molecule has 3 rings (SSSR count). The Kier molecular flexibility index (Phi) is 4.56. The number of aromatic nitrogens is 1. The molecule has 2 heterocycles. The molecule has 0 bridgehead atoms. The lowest BCUT2D eigenvalue weighted by atomic mass is 10.1. The van der Waals surface area contributed by atoms with Gasteiger partial charge in [-0.2, -0.15) is 0 Å². The summed E-state index contributed by atoms with van der Waals surface area (Å²) in [6.45, 7) is 0.626. The van der Waals surface area contributed by atoms with Crippen LogP contribution in [0.1, 0.15) is 10.4 Å². The van der Waals surface area contributed by atoms with E-state index in [1.54, 1.807) is 11.3 Å². The van der Waals surface area contributed by atoms with Crippen molar-refractivity contribution in [3.8, 4) is 0 Å². The number of thiophene rings is 1. The summed E-state index contributed by atoms with van der Waals surface area (Å²) in [6.07, 6.45) is 3.32. The first-order valence-corrected chi connectivity index (χ1v) is 8.22. The van der Waals surface area contributed by atoms with Crippen LogP contribution in [0, 0.1) is 0 Å². The molecule has 0 fully saturated rings. The van der Waals surface area contributed by atoms with Crippen LogP contribution in [-0.2, 0) is 17.6 Å². The Hall–Kier alpha value is -2.11. The highest BCUT2D eigenvalue weighted by molar-refractivity contribution is 7.09. The van der Waals surface area contributed by atoms with Gasteiger partial charge in [0, 0.05) is 28.5 Å². The lowest BCUT2D eigenvalue weighted by Crippen LogP contribution is -2.42. The summed E-state index contributed by atoms with van der Waals surface area (Å²) in [5.74, 6) is -0.0955. The first-order chi connectivity index (χ1) is 10.7. The first kappa shape index (κ1) is 14.8. The van der Waals surface area contributed by atoms with Crippen LogP contribution in [0.15, 0.2) is 48.0 Å². The highest BCUT2D eigenvalue weighted by Gasteiger charge is 2.15. The zero-order valence-corrected chi connectivity index (χ0v) is 13.0. The van der Waals surface area contributed by atoms with Crippen LogP contribution in [0.4, 0.5) is 0 Å². The Labute approximate surface area is 133 Å². The molecular formula is C17H19N3OS. The van der Waals surface area contributed by atoms with Crippen molar-refractivity contribution in [2.24, 2.45) is 5.73 Å². The molecule has 3 aromatic rings. The Morgan fingerprint density at radius 2 is 2.14 bits per heavy atom. The van der Waals surface area contributed by atoms with E-state index >= 15 is 0 Å². The van der Waals surface area contributed by atoms with Crippen molar-refractivity contribution in [3.63, 3.8) is 0 Å². The third-order valence-corrected chi connectivity index (χ3v) is 4.64. The molecule has 1 atom stereocenters. The maximum Gasteiger partial charge on any atom is 0.237 e. The van der Waals surface area contributed by atoms with E-state index in [-0.39, 0.29) is 5.91 Å². The molecule has 2 aromatic heterocycles. The fraction of sp³-hybridized carbons (Fsp3) is 0.235. The summed E-state index contributed by atoms with van der Waals surface area (Å²) in [5, 5.41) is 6.08. The van der Waals surface area contributed by atoms with E-state index in [0.29, 0.717) is 13.0 Å². The van der Waals surface area contributed by atoms with Gasteiger partial charge in [0.15, 0.2) is 0 Å². The molecule has 4 N–H and O–H groups in total. The Morgan fingerprint density at radius 1 is 1.27 bits per heavy atom. The van der Waals surface area contributed by atoms with Crippen LogP contribution >= 0.6 is 11.3 Å². The molecule has 0 aliphatic heterocycles. The van der Waals surface area contributed by atoms with Crippen molar-refractivity contribution in [1.82, 2.24) is 10.3 Å². The minimum Gasteiger partial charge on any atom is -0.361 e. The van der Waals surface area contributed by atoms with E-state index in [0.717, 1.165) is 22.9 Å². The Balaban J connectivity index is 1.54.